The normalized spacial score (nSPS) is 14.1. The number of fused-ring (bicyclic) bond motifs is 1. The molecule has 0 aliphatic carbocycles. The molecule has 0 aromatic heterocycles. The van der Waals surface area contributed by atoms with Crippen molar-refractivity contribution in [2.24, 2.45) is 0 Å². The Hall–Kier alpha value is -3.22. The molecule has 0 bridgehead atoms. The summed E-state index contributed by atoms with van der Waals surface area (Å²) in [6, 6.07) is 15.5. The molecule has 0 N–H and O–H groups in total. The lowest BCUT2D eigenvalue weighted by Gasteiger charge is -2.22. The summed E-state index contributed by atoms with van der Waals surface area (Å²) >= 11 is 0. The van der Waals surface area contributed by atoms with E-state index in [0.29, 0.717) is 0 Å². The molecule has 6 nitrogen and oxygen atoms in total. The van der Waals surface area contributed by atoms with E-state index in [0.717, 1.165) is 15.4 Å². The molecule has 2 aromatic rings. The van der Waals surface area contributed by atoms with Crippen LogP contribution in [0.5, 0.6) is 0 Å². The number of amides is 3. The number of alkyl halides is 1. The average molecular weight is 370 g/mol. The predicted molar refractivity (Wildman–Crippen MR) is 96.0 cm³/mol. The van der Waals surface area contributed by atoms with Crippen molar-refractivity contribution in [3.8, 4) is 0 Å². The van der Waals surface area contributed by atoms with Gasteiger partial charge in [0, 0.05) is 7.05 Å². The van der Waals surface area contributed by atoms with E-state index < -0.39 is 30.6 Å². The first-order valence-electron chi connectivity index (χ1n) is 8.48. The van der Waals surface area contributed by atoms with Crippen LogP contribution in [0, 0.1) is 0 Å². The molecule has 2 aromatic carbocycles. The number of carbonyl (C=O) groups excluding carboxylic acids is 3. The first kappa shape index (κ1) is 18.6. The van der Waals surface area contributed by atoms with Crippen molar-refractivity contribution < 1.29 is 23.5 Å². The highest BCUT2D eigenvalue weighted by molar-refractivity contribution is 6.21. The molecule has 140 valence electrons. The molecular formula is C20H19FN2O4. The van der Waals surface area contributed by atoms with Crippen molar-refractivity contribution in [3.63, 3.8) is 0 Å². The molecular weight excluding hydrogens is 351 g/mol. The Kier molecular flexibility index (Phi) is 5.49. The zero-order valence-electron chi connectivity index (χ0n) is 14.8. The number of nitrogens with zero attached hydrogens (tertiary/aromatic N) is 2. The summed E-state index contributed by atoms with van der Waals surface area (Å²) in [7, 11) is 1.41. The third-order valence-corrected chi connectivity index (χ3v) is 4.25. The van der Waals surface area contributed by atoms with Gasteiger partial charge in [0.15, 0.2) is 0 Å². The van der Waals surface area contributed by atoms with Crippen LogP contribution in [0.3, 0.4) is 0 Å². The van der Waals surface area contributed by atoms with Crippen LogP contribution < -0.4 is 0 Å². The van der Waals surface area contributed by atoms with Gasteiger partial charge in [0.25, 0.3) is 11.8 Å². The van der Waals surface area contributed by atoms with Crippen LogP contribution in [0.4, 0.5) is 9.18 Å². The van der Waals surface area contributed by atoms with Crippen LogP contribution in [0.2, 0.25) is 0 Å². The second-order valence-electron chi connectivity index (χ2n) is 6.28. The number of hydrogen-bond acceptors (Lipinski definition) is 4. The van der Waals surface area contributed by atoms with E-state index in [-0.39, 0.29) is 24.3 Å². The van der Waals surface area contributed by atoms with Crippen LogP contribution >= 0.6 is 0 Å². The maximum absolute atomic E-state index is 14.4. The second-order valence-corrected chi connectivity index (χ2v) is 6.28. The molecule has 0 saturated carbocycles. The first-order chi connectivity index (χ1) is 13.0. The van der Waals surface area contributed by atoms with Gasteiger partial charge in [0.05, 0.1) is 24.2 Å². The van der Waals surface area contributed by atoms with E-state index in [4.69, 9.17) is 4.74 Å². The van der Waals surface area contributed by atoms with Gasteiger partial charge in [0.2, 0.25) is 0 Å². The molecule has 3 amide bonds. The zero-order chi connectivity index (χ0) is 19.4. The van der Waals surface area contributed by atoms with E-state index in [2.05, 4.69) is 0 Å². The second kappa shape index (κ2) is 7.99. The van der Waals surface area contributed by atoms with Crippen LogP contribution in [0.25, 0.3) is 0 Å². The Bertz CT molecular complexity index is 821. The molecule has 1 unspecified atom stereocenters. The minimum Gasteiger partial charge on any atom is -0.445 e. The Morgan fingerprint density at radius 3 is 2.19 bits per heavy atom. The number of benzene rings is 2. The van der Waals surface area contributed by atoms with Crippen molar-refractivity contribution in [1.29, 1.82) is 0 Å². The Morgan fingerprint density at radius 1 is 1.04 bits per heavy atom. The maximum Gasteiger partial charge on any atom is 0.409 e. The first-order valence-corrected chi connectivity index (χ1v) is 8.48. The van der Waals surface area contributed by atoms with Gasteiger partial charge in [-0.2, -0.15) is 0 Å². The Morgan fingerprint density at radius 2 is 1.59 bits per heavy atom. The van der Waals surface area contributed by atoms with Crippen molar-refractivity contribution in [2.45, 2.75) is 12.8 Å². The fraction of sp³-hybridized carbons (Fsp3) is 0.250. The molecule has 3 rings (SSSR count). The van der Waals surface area contributed by atoms with Crippen molar-refractivity contribution in [3.05, 3.63) is 71.3 Å². The van der Waals surface area contributed by atoms with E-state index >= 15 is 0 Å². The summed E-state index contributed by atoms with van der Waals surface area (Å²) in [6.07, 6.45) is -2.26. The Balaban J connectivity index is 1.52. The molecule has 0 fully saturated rings. The van der Waals surface area contributed by atoms with Gasteiger partial charge in [-0.15, -0.1) is 0 Å². The number of ether oxygens (including phenoxy) is 1. The summed E-state index contributed by atoms with van der Waals surface area (Å²) in [6.45, 7) is -0.622. The Labute approximate surface area is 156 Å². The molecule has 1 atom stereocenters. The van der Waals surface area contributed by atoms with E-state index in [1.807, 2.05) is 30.3 Å². The number of imide groups is 1. The summed E-state index contributed by atoms with van der Waals surface area (Å²) in [4.78, 5) is 38.5. The monoisotopic (exact) mass is 370 g/mol. The SMILES string of the molecule is CN(CC(F)CN1C(=O)c2ccccc2C1=O)C(=O)OCc1ccccc1. The largest absolute Gasteiger partial charge is 0.445 e. The molecule has 1 heterocycles. The highest BCUT2D eigenvalue weighted by Gasteiger charge is 2.36. The summed E-state index contributed by atoms with van der Waals surface area (Å²) in [5.74, 6) is -1.04. The fourth-order valence-electron chi connectivity index (χ4n) is 2.86. The molecule has 7 heteroatoms. The van der Waals surface area contributed by atoms with Gasteiger partial charge in [-0.25, -0.2) is 9.18 Å². The van der Waals surface area contributed by atoms with Gasteiger partial charge in [-0.1, -0.05) is 42.5 Å². The minimum atomic E-state index is -1.58. The molecule has 0 saturated heterocycles. The van der Waals surface area contributed by atoms with Gasteiger partial charge in [-0.3, -0.25) is 14.5 Å². The third kappa shape index (κ3) is 4.13. The van der Waals surface area contributed by atoms with E-state index in [9.17, 15) is 18.8 Å². The van der Waals surface area contributed by atoms with E-state index in [1.54, 1.807) is 12.1 Å². The summed E-state index contributed by atoms with van der Waals surface area (Å²) in [5.41, 5.74) is 1.36. The minimum absolute atomic E-state index is 0.0827. The van der Waals surface area contributed by atoms with Gasteiger partial charge >= 0.3 is 6.09 Å². The zero-order valence-corrected chi connectivity index (χ0v) is 14.8. The average Bonchev–Trinajstić information content (AvgIpc) is 2.92. The fourth-order valence-corrected chi connectivity index (χ4v) is 2.86. The van der Waals surface area contributed by atoms with Crippen molar-refractivity contribution in [1.82, 2.24) is 9.80 Å². The lowest BCUT2D eigenvalue weighted by molar-refractivity contribution is 0.0584. The molecule has 0 radical (unpaired) electrons. The lowest BCUT2D eigenvalue weighted by atomic mass is 10.1. The summed E-state index contributed by atoms with van der Waals surface area (Å²) in [5, 5.41) is 0. The molecule has 0 spiro atoms. The van der Waals surface area contributed by atoms with Crippen LogP contribution in [0.1, 0.15) is 26.3 Å². The maximum atomic E-state index is 14.4. The third-order valence-electron chi connectivity index (χ3n) is 4.25. The number of carbonyl (C=O) groups is 3. The van der Waals surface area contributed by atoms with E-state index in [1.165, 1.54) is 19.2 Å². The van der Waals surface area contributed by atoms with Crippen LogP contribution in [0.15, 0.2) is 54.6 Å². The standard InChI is InChI=1S/C20H19FN2O4/c1-22(20(26)27-13-14-7-3-2-4-8-14)11-15(21)12-23-18(24)16-9-5-6-10-17(16)19(23)25/h2-10,15H,11-13H2,1H3. The number of hydrogen-bond donors (Lipinski definition) is 0. The molecule has 1 aliphatic heterocycles. The number of rotatable bonds is 6. The smallest absolute Gasteiger partial charge is 0.409 e. The van der Waals surface area contributed by atoms with Gasteiger partial charge < -0.3 is 9.64 Å². The lowest BCUT2D eigenvalue weighted by Crippen LogP contribution is -2.41. The topological polar surface area (TPSA) is 66.9 Å². The highest BCUT2D eigenvalue weighted by atomic mass is 19.1. The van der Waals surface area contributed by atoms with Gasteiger partial charge in [0.1, 0.15) is 12.8 Å². The predicted octanol–water partition coefficient (Wildman–Crippen LogP) is 2.89. The van der Waals surface area contributed by atoms with Crippen LogP contribution in [-0.4, -0.2) is 54.0 Å². The van der Waals surface area contributed by atoms with Gasteiger partial charge in [-0.05, 0) is 17.7 Å². The summed E-state index contributed by atoms with van der Waals surface area (Å²) < 4.78 is 19.5. The molecule has 27 heavy (non-hydrogen) atoms. The number of halogens is 1. The van der Waals surface area contributed by atoms with Crippen LogP contribution in [-0.2, 0) is 11.3 Å². The molecule has 1 aliphatic rings. The highest BCUT2D eigenvalue weighted by Crippen LogP contribution is 2.23. The quantitative estimate of drug-likeness (QED) is 0.734. The van der Waals surface area contributed by atoms with Crippen molar-refractivity contribution in [2.75, 3.05) is 20.1 Å². The van der Waals surface area contributed by atoms with Crippen molar-refractivity contribution >= 4 is 17.9 Å².